The fraction of sp³-hybridized carbons (Fsp3) is 0.525. The Bertz CT molecular complexity index is 3290. The van der Waals surface area contributed by atoms with Crippen molar-refractivity contribution < 1.29 is 81.2 Å². The number of hydrogen-bond donors (Lipinski definition) is 16. The van der Waals surface area contributed by atoms with Crippen molar-refractivity contribution in [3.63, 3.8) is 0 Å². The highest BCUT2D eigenvalue weighted by Crippen LogP contribution is 2.23. The van der Waals surface area contributed by atoms with Crippen molar-refractivity contribution in [2.75, 3.05) is 26.2 Å². The number of aromatic amines is 2. The van der Waals surface area contributed by atoms with E-state index in [1.807, 2.05) is 19.9 Å². The third-order valence-corrected chi connectivity index (χ3v) is 15.2. The summed E-state index contributed by atoms with van der Waals surface area (Å²) in [7, 11) is 0. The number of H-pyrrole nitrogens is 2. The number of carboxylic acid groups (broad SMARTS) is 1. The average Bonchev–Trinajstić information content (AvgIpc) is 2.61. The van der Waals surface area contributed by atoms with E-state index in [0.717, 1.165) is 5.52 Å². The number of likely N-dealkylation sites (tertiary alicyclic amines) is 1. The number of carbonyl (C=O) groups is 11. The number of amides is 10. The Hall–Kier alpha value is -9.82. The number of fused-ring (bicyclic) bond motifs is 1. The Kier molecular flexibility index (Phi) is 28.6. The number of rotatable bonds is 32. The van der Waals surface area contributed by atoms with Gasteiger partial charge < -0.3 is 89.5 Å². The van der Waals surface area contributed by atoms with Crippen LogP contribution in [0.2, 0.25) is 0 Å². The fourth-order valence-electron chi connectivity index (χ4n) is 10.5. The second kappa shape index (κ2) is 35.8. The highest BCUT2D eigenvalue weighted by Gasteiger charge is 2.41. The summed E-state index contributed by atoms with van der Waals surface area (Å²) in [4.78, 5) is 164. The first-order valence-electron chi connectivity index (χ1n) is 30.7. The zero-order valence-electron chi connectivity index (χ0n) is 52.8. The molecular weight excluding hydrogens is 1240 g/mol. The minimum atomic E-state index is -5.08. The number of likely N-dealkylation sites (N-methyl/N-ethyl adjacent to an activating group) is 1. The van der Waals surface area contributed by atoms with Crippen molar-refractivity contribution >= 4 is 81.9 Å². The molecule has 94 heavy (non-hydrogen) atoms. The van der Waals surface area contributed by atoms with Crippen LogP contribution in [0.5, 0.6) is 5.75 Å². The van der Waals surface area contributed by atoms with E-state index >= 15 is 0 Å². The van der Waals surface area contributed by atoms with Crippen LogP contribution in [0.15, 0.2) is 72.2 Å². The molecule has 9 atom stereocenters. The van der Waals surface area contributed by atoms with Crippen LogP contribution in [0, 0.1) is 11.8 Å². The van der Waals surface area contributed by atoms with Gasteiger partial charge in [0.25, 0.3) is 0 Å². The lowest BCUT2D eigenvalue weighted by Crippen LogP contribution is -2.61. The molecule has 18 N–H and O–H groups in total. The van der Waals surface area contributed by atoms with Crippen LogP contribution >= 0.6 is 0 Å². The number of halogens is 3. The van der Waals surface area contributed by atoms with Gasteiger partial charge in [0.1, 0.15) is 60.1 Å². The van der Waals surface area contributed by atoms with Crippen LogP contribution in [0.3, 0.4) is 0 Å². The van der Waals surface area contributed by atoms with E-state index in [9.17, 15) is 71.3 Å². The number of hydrogen-bond acceptors (Lipinski definition) is 15. The van der Waals surface area contributed by atoms with E-state index in [1.54, 1.807) is 45.2 Å². The number of phenols is 1. The van der Waals surface area contributed by atoms with Crippen molar-refractivity contribution in [1.29, 1.82) is 0 Å². The number of guanidine groups is 1. The molecule has 0 aliphatic carbocycles. The van der Waals surface area contributed by atoms with Gasteiger partial charge in [0, 0.05) is 74.3 Å². The maximum Gasteiger partial charge on any atom is 0.490 e. The van der Waals surface area contributed by atoms with Crippen LogP contribution in [0.4, 0.5) is 13.2 Å². The first-order chi connectivity index (χ1) is 44.5. The number of para-hydroxylation sites is 1. The van der Waals surface area contributed by atoms with Gasteiger partial charge in [-0.15, -0.1) is 0 Å². The Labute approximate surface area is 539 Å². The molecule has 2 aliphatic rings. The smallest absolute Gasteiger partial charge is 0.490 e. The number of nitrogens with zero attached hydrogens (tertiary/aromatic N) is 3. The van der Waals surface area contributed by atoms with Crippen molar-refractivity contribution in [1.82, 2.24) is 67.7 Å². The molecule has 0 unspecified atom stereocenters. The van der Waals surface area contributed by atoms with Crippen LogP contribution in [0.1, 0.15) is 103 Å². The molecule has 4 aromatic rings. The highest BCUT2D eigenvalue weighted by atomic mass is 19.4. The highest BCUT2D eigenvalue weighted by molar-refractivity contribution is 5.99. The molecule has 2 aromatic carbocycles. The van der Waals surface area contributed by atoms with Gasteiger partial charge in [0.15, 0.2) is 5.96 Å². The minimum Gasteiger partial charge on any atom is -0.508 e. The van der Waals surface area contributed by atoms with E-state index in [4.69, 9.17) is 21.4 Å². The summed E-state index contributed by atoms with van der Waals surface area (Å²) >= 11 is 0. The summed E-state index contributed by atoms with van der Waals surface area (Å²) in [5.74, 6) is -10.3. The van der Waals surface area contributed by atoms with Gasteiger partial charge in [-0.2, -0.15) is 13.2 Å². The molecule has 4 heterocycles. The molecule has 2 saturated heterocycles. The zero-order valence-corrected chi connectivity index (χ0v) is 52.8. The molecule has 514 valence electrons. The number of phenolic OH excluding ortho intramolecular Hbond substituents is 1. The third-order valence-electron chi connectivity index (χ3n) is 15.2. The molecule has 2 fully saturated rings. The first kappa shape index (κ1) is 74.9. The molecule has 33 heteroatoms. The molecule has 2 aliphatic heterocycles. The van der Waals surface area contributed by atoms with Crippen molar-refractivity contribution in [2.45, 2.75) is 166 Å². The minimum absolute atomic E-state index is 0.0397. The second-order valence-electron chi connectivity index (χ2n) is 23.6. The normalized spacial score (nSPS) is 16.7. The summed E-state index contributed by atoms with van der Waals surface area (Å²) in [5.41, 5.74) is 13.3. The van der Waals surface area contributed by atoms with Crippen molar-refractivity contribution in [3.8, 4) is 5.75 Å². The maximum atomic E-state index is 14.7. The molecule has 6 rings (SSSR count). The Morgan fingerprint density at radius 2 is 1.26 bits per heavy atom. The van der Waals surface area contributed by atoms with Gasteiger partial charge in [0.05, 0.1) is 12.9 Å². The predicted octanol–water partition coefficient (Wildman–Crippen LogP) is -0.805. The third kappa shape index (κ3) is 23.4. The Morgan fingerprint density at radius 3 is 1.79 bits per heavy atom. The number of alkyl halides is 3. The summed E-state index contributed by atoms with van der Waals surface area (Å²) < 4.78 is 31.7. The average molecular weight is 1320 g/mol. The number of aliphatic hydroxyl groups is 1. The quantitative estimate of drug-likeness (QED) is 0.0162. The number of benzene rings is 2. The SMILES string of the molecule is CCNC(=O)[C@@H]1CCCN1C(=O)[C@H](CCCN=C(N)N)NC(=O)[C@H](CC(C)C)NC(=O)[C@@H](CC(C)C)NC(=O)[C@@H](Cc1ccc(O)cc1)NC(=O)[C@H](CO)NC(=O)[C@H](Cc1c[nH]c2ccccc12)NC(=O)[C@H](Cc1cnc[nH]1)NC(=O)[C@@H]1CCC(=O)N1.O=C(O)C(F)(F)F. The lowest BCUT2D eigenvalue weighted by Gasteiger charge is -2.31. The fourth-order valence-corrected chi connectivity index (χ4v) is 10.5. The van der Waals surface area contributed by atoms with E-state index in [-0.39, 0.29) is 106 Å². The monoisotopic (exact) mass is 1320 g/mol. The Balaban J connectivity index is 0.00000216. The summed E-state index contributed by atoms with van der Waals surface area (Å²) in [5, 5.41) is 53.0. The predicted molar refractivity (Wildman–Crippen MR) is 334 cm³/mol. The van der Waals surface area contributed by atoms with Crippen LogP contribution < -0.4 is 59.3 Å². The van der Waals surface area contributed by atoms with Crippen LogP contribution in [-0.4, -0.2) is 193 Å². The number of imidazole rings is 1. The van der Waals surface area contributed by atoms with Gasteiger partial charge in [-0.1, -0.05) is 58.0 Å². The molecule has 10 amide bonds. The van der Waals surface area contributed by atoms with E-state index in [2.05, 4.69) is 67.8 Å². The van der Waals surface area contributed by atoms with Crippen LogP contribution in [-0.2, 0) is 72.0 Å². The number of carbonyl (C=O) groups excluding carboxylic acids is 10. The molecule has 0 saturated carbocycles. The molecule has 0 spiro atoms. The maximum absolute atomic E-state index is 14.7. The number of aliphatic imine (C=N–C) groups is 1. The molecule has 0 bridgehead atoms. The van der Waals surface area contributed by atoms with Crippen molar-refractivity contribution in [2.24, 2.45) is 28.3 Å². The molecular formula is C61H85F3N16O14. The topological polar surface area (TPSA) is 469 Å². The first-order valence-corrected chi connectivity index (χ1v) is 30.7. The number of aliphatic carboxylic acids is 1. The van der Waals surface area contributed by atoms with Crippen LogP contribution in [0.25, 0.3) is 10.9 Å². The summed E-state index contributed by atoms with van der Waals surface area (Å²) in [6.07, 6.45) is 0.721. The van der Waals surface area contributed by atoms with Gasteiger partial charge >= 0.3 is 12.1 Å². The Morgan fingerprint density at radius 1 is 0.713 bits per heavy atom. The van der Waals surface area contributed by atoms with Gasteiger partial charge in [0.2, 0.25) is 59.1 Å². The number of aromatic hydroxyl groups is 1. The number of nitrogens with two attached hydrogens (primary N) is 2. The summed E-state index contributed by atoms with van der Waals surface area (Å²) in [6.45, 7) is 8.82. The lowest BCUT2D eigenvalue weighted by molar-refractivity contribution is -0.192. The van der Waals surface area contributed by atoms with E-state index in [0.29, 0.717) is 41.6 Å². The van der Waals surface area contributed by atoms with E-state index in [1.165, 1.54) is 41.7 Å². The number of nitrogens with one attached hydrogen (secondary N) is 11. The number of aromatic nitrogens is 3. The molecule has 2 aromatic heterocycles. The second-order valence-corrected chi connectivity index (χ2v) is 23.6. The molecule has 0 radical (unpaired) electrons. The van der Waals surface area contributed by atoms with Gasteiger partial charge in [-0.25, -0.2) is 9.78 Å². The lowest BCUT2D eigenvalue weighted by atomic mass is 9.98. The largest absolute Gasteiger partial charge is 0.508 e. The summed E-state index contributed by atoms with van der Waals surface area (Å²) in [6, 6.07) is 1.58. The number of carboxylic acids is 1. The number of aliphatic hydroxyl groups excluding tert-OH is 1. The van der Waals surface area contributed by atoms with Gasteiger partial charge in [-0.3, -0.25) is 52.9 Å². The standard InChI is InChI=1S/C59H84N16O12.C2HF3O2/c1-6-63-57(86)48-14-10-22-75(48)58(87)41(13-9-21-64-59(60)61)68-51(80)42(23-32(2)3)69-52(81)43(24-33(4)5)70-53(82)44(25-34-15-17-37(77)18-16-34)71-56(85)47(30-76)74-54(83)45(26-35-28-65-39-12-8-7-11-38(35)39)72-55(84)46(27-36-29-62-31-66-36)73-50(79)40-19-20-49(78)67-40;3-2(4,5)1(6)7/h7-8,11-12,15-18,28-29,31-33,40-48,65,76-77H,6,9-10,13-14,19-27,30H2,1-5H3,(H,62,66)(H,63,86)(H,67,78)(H,68,80)(H,69,81)(H,70,82)(H,71,85)(H,72,84)(H,73,79)(H,74,83)(H4,60,61,64);(H,6,7)/t40-,41-,42-,43+,44+,45-,46-,47-,48-;/m0./s1. The molecule has 30 nitrogen and oxygen atoms in total. The van der Waals surface area contributed by atoms with Gasteiger partial charge in [-0.05, 0) is 93.0 Å². The van der Waals surface area contributed by atoms with E-state index < -0.39 is 120 Å². The zero-order chi connectivity index (χ0) is 69.4. The van der Waals surface area contributed by atoms with Crippen molar-refractivity contribution in [3.05, 3.63) is 84.1 Å².